The van der Waals surface area contributed by atoms with Crippen molar-refractivity contribution in [1.82, 2.24) is 9.88 Å². The lowest BCUT2D eigenvalue weighted by molar-refractivity contribution is -0.211. The van der Waals surface area contributed by atoms with Gasteiger partial charge in [-0.05, 0) is 36.0 Å². The maximum Gasteiger partial charge on any atom is 0.174 e. The molecule has 1 saturated heterocycles. The van der Waals surface area contributed by atoms with Gasteiger partial charge in [0.1, 0.15) is 17.1 Å². The third-order valence-corrected chi connectivity index (χ3v) is 9.08. The van der Waals surface area contributed by atoms with E-state index in [1.54, 1.807) is 24.5 Å². The summed E-state index contributed by atoms with van der Waals surface area (Å²) in [5, 5.41) is 35.5. The second-order valence-electron chi connectivity index (χ2n) is 11.1. The summed E-state index contributed by atoms with van der Waals surface area (Å²) in [6, 6.07) is 9.34. The van der Waals surface area contributed by atoms with Crippen molar-refractivity contribution in [2.24, 2.45) is 11.3 Å². The normalized spacial score (nSPS) is 35.8. The van der Waals surface area contributed by atoms with Gasteiger partial charge in [-0.25, -0.2) is 0 Å². The number of rotatable bonds is 5. The molecule has 1 aromatic heterocycles. The van der Waals surface area contributed by atoms with Crippen molar-refractivity contribution in [1.29, 1.82) is 5.26 Å². The van der Waals surface area contributed by atoms with Crippen LogP contribution in [0.25, 0.3) is 0 Å². The fourth-order valence-electron chi connectivity index (χ4n) is 7.25. The zero-order chi connectivity index (χ0) is 26.6. The molecule has 2 aliphatic carbocycles. The third-order valence-electron chi connectivity index (χ3n) is 9.08. The number of hydrogen-bond acceptors (Lipinski definition) is 8. The number of ether oxygens (including phenoxy) is 3. The van der Waals surface area contributed by atoms with Gasteiger partial charge in [0, 0.05) is 25.6 Å². The highest BCUT2D eigenvalue weighted by Crippen LogP contribution is 2.72. The number of β-amino-alcohol motifs (C(OH)–C–C–N with tert-alkyl or cyclic N) is 1. The van der Waals surface area contributed by atoms with Crippen molar-refractivity contribution in [3.63, 3.8) is 0 Å². The highest BCUT2D eigenvalue weighted by Gasteiger charge is 2.80. The molecule has 1 unspecified atom stereocenters. The summed E-state index contributed by atoms with van der Waals surface area (Å²) in [5.41, 5.74) is -3.66. The highest BCUT2D eigenvalue weighted by molar-refractivity contribution is 5.59. The minimum Gasteiger partial charge on any atom is -0.495 e. The zero-order valence-corrected chi connectivity index (χ0v) is 21.8. The molecule has 3 heterocycles. The second kappa shape index (κ2) is 8.92. The first-order chi connectivity index (χ1) is 18.3. The standard InChI is InChI=1S/C30H33N3O5/c1-27(10-4-3-5-11-27)25-16-28(34,20-33-12-14-37-15-13-33)30(35)26-23(36-2)18-32-19-24(26)38-29(25,30)22-8-6-21(17-31)7-9-22/h3-10,18-19,25,34-35H,11-16,20H2,1-2H3/t25-,27?,28+,29-,30-/m0/s1. The minimum absolute atomic E-state index is 0.241. The fourth-order valence-corrected chi connectivity index (χ4v) is 7.25. The molecule has 0 radical (unpaired) electrons. The Balaban J connectivity index is 1.63. The third kappa shape index (κ3) is 3.33. The van der Waals surface area contributed by atoms with Crippen molar-refractivity contribution in [2.75, 3.05) is 40.0 Å². The van der Waals surface area contributed by atoms with Gasteiger partial charge < -0.3 is 24.4 Å². The van der Waals surface area contributed by atoms with Gasteiger partial charge in [-0.2, -0.15) is 5.26 Å². The van der Waals surface area contributed by atoms with Crippen LogP contribution >= 0.6 is 0 Å². The molecule has 2 aromatic rings. The molecular formula is C30H33N3O5. The molecule has 5 atom stereocenters. The van der Waals surface area contributed by atoms with Gasteiger partial charge in [-0.1, -0.05) is 43.4 Å². The summed E-state index contributed by atoms with van der Waals surface area (Å²) >= 11 is 0. The van der Waals surface area contributed by atoms with Crippen molar-refractivity contribution in [2.45, 2.75) is 36.6 Å². The smallest absolute Gasteiger partial charge is 0.174 e. The van der Waals surface area contributed by atoms with Crippen LogP contribution < -0.4 is 9.47 Å². The number of aromatic nitrogens is 1. The van der Waals surface area contributed by atoms with Gasteiger partial charge >= 0.3 is 0 Å². The molecule has 2 fully saturated rings. The number of fused-ring (bicyclic) bond motifs is 3. The first kappa shape index (κ1) is 25.1. The van der Waals surface area contributed by atoms with E-state index in [4.69, 9.17) is 14.2 Å². The molecule has 0 spiro atoms. The first-order valence-electron chi connectivity index (χ1n) is 13.1. The quantitative estimate of drug-likeness (QED) is 0.626. The molecule has 6 rings (SSSR count). The molecule has 1 saturated carbocycles. The van der Waals surface area contributed by atoms with Crippen molar-refractivity contribution >= 4 is 0 Å². The lowest BCUT2D eigenvalue weighted by Crippen LogP contribution is -2.62. The van der Waals surface area contributed by atoms with Crippen LogP contribution in [0.3, 0.4) is 0 Å². The van der Waals surface area contributed by atoms with Crippen LogP contribution in [0.4, 0.5) is 0 Å². The van der Waals surface area contributed by atoms with Gasteiger partial charge in [0.25, 0.3) is 0 Å². The lowest BCUT2D eigenvalue weighted by Gasteiger charge is -2.48. The molecular weight excluding hydrogens is 482 g/mol. The van der Waals surface area contributed by atoms with E-state index < -0.39 is 22.2 Å². The molecule has 8 heteroatoms. The summed E-state index contributed by atoms with van der Waals surface area (Å²) in [7, 11) is 1.53. The Bertz CT molecular complexity index is 1330. The summed E-state index contributed by atoms with van der Waals surface area (Å²) in [6.45, 7) is 4.87. The summed E-state index contributed by atoms with van der Waals surface area (Å²) in [5.74, 6) is 0.420. The number of nitrogens with zero attached hydrogens (tertiary/aromatic N) is 3. The molecule has 0 bridgehead atoms. The molecule has 2 N–H and O–H groups in total. The van der Waals surface area contributed by atoms with Gasteiger partial charge in [-0.15, -0.1) is 0 Å². The number of methoxy groups -OCH3 is 1. The average Bonchev–Trinajstić information content (AvgIpc) is 3.33. The van der Waals surface area contributed by atoms with E-state index in [-0.39, 0.29) is 12.5 Å². The van der Waals surface area contributed by atoms with E-state index in [9.17, 15) is 15.5 Å². The zero-order valence-electron chi connectivity index (χ0n) is 21.8. The maximum absolute atomic E-state index is 13.2. The molecule has 198 valence electrons. The average molecular weight is 516 g/mol. The first-order valence-corrected chi connectivity index (χ1v) is 13.1. The highest BCUT2D eigenvalue weighted by atomic mass is 16.5. The predicted molar refractivity (Wildman–Crippen MR) is 139 cm³/mol. The van der Waals surface area contributed by atoms with Crippen LogP contribution in [-0.4, -0.2) is 65.7 Å². The molecule has 1 aromatic carbocycles. The summed E-state index contributed by atoms with van der Waals surface area (Å²) in [4.78, 5) is 6.47. The molecule has 2 aliphatic heterocycles. The largest absolute Gasteiger partial charge is 0.495 e. The van der Waals surface area contributed by atoms with Crippen LogP contribution in [0, 0.1) is 22.7 Å². The maximum atomic E-state index is 13.2. The monoisotopic (exact) mass is 515 g/mol. The van der Waals surface area contributed by atoms with Crippen LogP contribution in [-0.2, 0) is 15.9 Å². The van der Waals surface area contributed by atoms with Gasteiger partial charge in [0.2, 0.25) is 0 Å². The molecule has 38 heavy (non-hydrogen) atoms. The molecule has 0 amide bonds. The number of hydrogen-bond donors (Lipinski definition) is 2. The van der Waals surface area contributed by atoms with E-state index in [0.29, 0.717) is 60.9 Å². The number of pyridine rings is 1. The lowest BCUT2D eigenvalue weighted by atomic mass is 9.62. The summed E-state index contributed by atoms with van der Waals surface area (Å²) < 4.78 is 18.2. The minimum atomic E-state index is -1.88. The SMILES string of the molecule is COc1cncc2c1[C@]1(O)[C@](O)(CN3CCOCC3)C[C@@H](C3(C)C=CC=CC3)[C@]1(c1ccc(C#N)cc1)O2. The topological polar surface area (TPSA) is 108 Å². The Morgan fingerprint density at radius 2 is 1.92 bits per heavy atom. The van der Waals surface area contributed by atoms with Gasteiger partial charge in [0.05, 0.1) is 49.9 Å². The van der Waals surface area contributed by atoms with E-state index in [1.165, 1.54) is 7.11 Å². The second-order valence-corrected chi connectivity index (χ2v) is 11.1. The van der Waals surface area contributed by atoms with E-state index in [1.807, 2.05) is 24.3 Å². The van der Waals surface area contributed by atoms with Gasteiger partial charge in [-0.3, -0.25) is 9.88 Å². The van der Waals surface area contributed by atoms with Crippen molar-refractivity contribution in [3.8, 4) is 17.6 Å². The van der Waals surface area contributed by atoms with Crippen LogP contribution in [0.1, 0.15) is 36.5 Å². The Morgan fingerprint density at radius 1 is 1.16 bits per heavy atom. The fraction of sp³-hybridized carbons (Fsp3) is 0.467. The molecule has 4 aliphatic rings. The van der Waals surface area contributed by atoms with Crippen molar-refractivity contribution in [3.05, 3.63) is 77.7 Å². The number of benzene rings is 1. The van der Waals surface area contributed by atoms with E-state index in [2.05, 4.69) is 35.0 Å². The van der Waals surface area contributed by atoms with Crippen LogP contribution in [0.15, 0.2) is 61.0 Å². The number of nitriles is 1. The Kier molecular flexibility index (Phi) is 5.89. The number of aliphatic hydroxyl groups is 2. The Morgan fingerprint density at radius 3 is 2.58 bits per heavy atom. The summed E-state index contributed by atoms with van der Waals surface area (Å²) in [6.07, 6.45) is 12.5. The van der Waals surface area contributed by atoms with Crippen LogP contribution in [0.5, 0.6) is 11.5 Å². The van der Waals surface area contributed by atoms with Crippen molar-refractivity contribution < 1.29 is 24.4 Å². The Hall–Kier alpha value is -3.22. The predicted octanol–water partition coefficient (Wildman–Crippen LogP) is 3.04. The molecule has 8 nitrogen and oxygen atoms in total. The van der Waals surface area contributed by atoms with Crippen LogP contribution in [0.2, 0.25) is 0 Å². The van der Waals surface area contributed by atoms with Gasteiger partial charge in [0.15, 0.2) is 11.2 Å². The van der Waals surface area contributed by atoms with E-state index >= 15 is 0 Å². The number of morpholine rings is 1. The Labute approximate surface area is 222 Å². The number of allylic oxidation sites excluding steroid dienone is 4. The van der Waals surface area contributed by atoms with E-state index in [0.717, 1.165) is 6.42 Å².